The number of hydrogen-bond donors (Lipinski definition) is 1. The first-order chi connectivity index (χ1) is 13.6. The van der Waals surface area contributed by atoms with Crippen LogP contribution in [0.1, 0.15) is 53.2 Å². The van der Waals surface area contributed by atoms with Gasteiger partial charge in [-0.25, -0.2) is 18.7 Å². The highest BCUT2D eigenvalue weighted by Crippen LogP contribution is 2.23. The van der Waals surface area contributed by atoms with Gasteiger partial charge in [0, 0.05) is 24.3 Å². The maximum Gasteiger partial charge on any atom is 0.521 e. The molecular formula is C19H29F2N2O5P. The number of aromatic nitrogens is 2. The van der Waals surface area contributed by atoms with Gasteiger partial charge in [0.1, 0.15) is 18.2 Å². The standard InChI is InChI=1S/C19H26F2N2O.HO4P.H2/c1-5-6-16-12-18(23(22-16)10-9-19(2,3)4)24-13-14-11-15(20)7-8-17(14)21;1-4-5(2)3;/h7-8,11-12H,5-6,9-10,13H2,1-4H3;1H;1H. The van der Waals surface area contributed by atoms with E-state index >= 15 is 0 Å². The van der Waals surface area contributed by atoms with Crippen LogP contribution in [0.25, 0.3) is 0 Å². The fourth-order valence-corrected chi connectivity index (χ4v) is 2.35. The largest absolute Gasteiger partial charge is 0.565 e. The molecule has 0 saturated heterocycles. The van der Waals surface area contributed by atoms with Gasteiger partial charge in [0.05, 0.1) is 5.69 Å². The third kappa shape index (κ3) is 9.89. The van der Waals surface area contributed by atoms with Crippen molar-refractivity contribution in [3.8, 4) is 5.88 Å². The number of aryl methyl sites for hydroxylation is 2. The third-order valence-electron chi connectivity index (χ3n) is 3.82. The normalized spacial score (nSPS) is 11.7. The second-order valence-corrected chi connectivity index (χ2v) is 8.20. The van der Waals surface area contributed by atoms with Crippen LogP contribution in [0.2, 0.25) is 0 Å². The van der Waals surface area contributed by atoms with Crippen LogP contribution in [0.4, 0.5) is 8.78 Å². The summed E-state index contributed by atoms with van der Waals surface area (Å²) in [6, 6.07) is 5.28. The van der Waals surface area contributed by atoms with E-state index in [1.54, 1.807) is 0 Å². The molecule has 2 rings (SSSR count). The molecule has 0 radical (unpaired) electrons. The lowest BCUT2D eigenvalue weighted by molar-refractivity contribution is -0.244. The summed E-state index contributed by atoms with van der Waals surface area (Å²) in [5.74, 6) is -0.333. The summed E-state index contributed by atoms with van der Waals surface area (Å²) in [7, 11) is -3.04. The Morgan fingerprint density at radius 3 is 2.52 bits per heavy atom. The first kappa shape index (κ1) is 25.1. The fraction of sp³-hybridized carbons (Fsp3) is 0.526. The number of benzene rings is 1. The van der Waals surface area contributed by atoms with Gasteiger partial charge in [-0.2, -0.15) is 5.10 Å². The predicted molar refractivity (Wildman–Crippen MR) is 104 cm³/mol. The molecule has 1 unspecified atom stereocenters. The van der Waals surface area contributed by atoms with Crippen molar-refractivity contribution in [1.82, 2.24) is 9.78 Å². The molecule has 0 fully saturated rings. The Morgan fingerprint density at radius 2 is 1.97 bits per heavy atom. The van der Waals surface area contributed by atoms with Gasteiger partial charge in [0.25, 0.3) is 0 Å². The molecule has 7 nitrogen and oxygen atoms in total. The summed E-state index contributed by atoms with van der Waals surface area (Å²) in [6.07, 6.45) is 2.81. The molecule has 1 atom stereocenters. The number of ether oxygens (including phenoxy) is 1. The molecule has 0 aliphatic rings. The van der Waals surface area contributed by atoms with Gasteiger partial charge in [-0.3, -0.25) is 0 Å². The molecule has 164 valence electrons. The SMILES string of the molecule is CCCc1cc(OCc2cc(F)ccc2F)n(CCC(C)(C)C)n1.O=[P+]([O-])OO.[HH]. The van der Waals surface area contributed by atoms with Gasteiger partial charge in [0.15, 0.2) is 0 Å². The average Bonchev–Trinajstić information content (AvgIpc) is 3.03. The van der Waals surface area contributed by atoms with Gasteiger partial charge in [-0.15, -0.1) is 0 Å². The highest BCUT2D eigenvalue weighted by atomic mass is 31.1. The molecule has 0 saturated carbocycles. The minimum atomic E-state index is -3.04. The summed E-state index contributed by atoms with van der Waals surface area (Å²) in [6.45, 7) is 9.33. The fourth-order valence-electron chi connectivity index (χ4n) is 2.35. The Bertz CT molecular complexity index is 800. The van der Waals surface area contributed by atoms with E-state index in [4.69, 9.17) is 19.5 Å². The third-order valence-corrected chi connectivity index (χ3v) is 3.96. The van der Waals surface area contributed by atoms with Crippen molar-refractivity contribution in [2.24, 2.45) is 5.41 Å². The number of nitrogens with zero attached hydrogens (tertiary/aromatic N) is 2. The molecule has 1 aromatic carbocycles. The highest BCUT2D eigenvalue weighted by Gasteiger charge is 2.15. The minimum Gasteiger partial charge on any atom is -0.565 e. The van der Waals surface area contributed by atoms with E-state index < -0.39 is 19.9 Å². The Morgan fingerprint density at radius 1 is 1.31 bits per heavy atom. The van der Waals surface area contributed by atoms with Crippen LogP contribution in [0, 0.1) is 17.0 Å². The van der Waals surface area contributed by atoms with Crippen molar-refractivity contribution in [1.29, 1.82) is 0 Å². The van der Waals surface area contributed by atoms with Gasteiger partial charge in [-0.1, -0.05) is 34.1 Å². The van der Waals surface area contributed by atoms with E-state index in [1.807, 2.05) is 10.7 Å². The van der Waals surface area contributed by atoms with Crippen LogP contribution in [-0.4, -0.2) is 15.0 Å². The Kier molecular flexibility index (Phi) is 10.3. The highest BCUT2D eigenvalue weighted by molar-refractivity contribution is 7.30. The average molecular weight is 434 g/mol. The molecule has 1 heterocycles. The summed E-state index contributed by atoms with van der Waals surface area (Å²) < 4.78 is 46.2. The molecule has 2 aromatic rings. The second-order valence-electron chi connectivity index (χ2n) is 7.59. The van der Waals surface area contributed by atoms with Crippen LogP contribution >= 0.6 is 8.25 Å². The van der Waals surface area contributed by atoms with E-state index in [9.17, 15) is 8.78 Å². The van der Waals surface area contributed by atoms with Crippen LogP contribution in [0.5, 0.6) is 5.88 Å². The van der Waals surface area contributed by atoms with Crippen molar-refractivity contribution in [3.05, 3.63) is 47.2 Å². The number of hydrogen-bond acceptors (Lipinski definition) is 6. The number of halogens is 2. The van der Waals surface area contributed by atoms with Crippen LogP contribution in [0.3, 0.4) is 0 Å². The maximum atomic E-state index is 13.7. The van der Waals surface area contributed by atoms with Crippen LogP contribution < -0.4 is 9.63 Å². The Labute approximate surface area is 171 Å². The molecule has 1 aromatic heterocycles. The first-order valence-electron chi connectivity index (χ1n) is 9.15. The summed E-state index contributed by atoms with van der Waals surface area (Å²) in [5, 5.41) is 11.6. The van der Waals surface area contributed by atoms with Crippen molar-refractivity contribution in [2.75, 3.05) is 0 Å². The van der Waals surface area contributed by atoms with Crippen molar-refractivity contribution >= 4 is 8.25 Å². The summed E-state index contributed by atoms with van der Waals surface area (Å²) >= 11 is 0. The zero-order valence-corrected chi connectivity index (χ0v) is 17.9. The maximum absolute atomic E-state index is 13.7. The molecular weight excluding hydrogens is 405 g/mol. The van der Waals surface area contributed by atoms with Crippen molar-refractivity contribution in [2.45, 2.75) is 60.1 Å². The van der Waals surface area contributed by atoms with Gasteiger partial charge in [-0.05, 0) is 41.0 Å². The lowest BCUT2D eigenvalue weighted by Gasteiger charge is -2.18. The predicted octanol–water partition coefficient (Wildman–Crippen LogP) is 4.87. The molecule has 0 bridgehead atoms. The van der Waals surface area contributed by atoms with E-state index in [0.717, 1.165) is 49.7 Å². The monoisotopic (exact) mass is 434 g/mol. The molecule has 0 aliphatic heterocycles. The Balaban J connectivity index is 0.00000125. The van der Waals surface area contributed by atoms with E-state index in [2.05, 4.69) is 37.5 Å². The smallest absolute Gasteiger partial charge is 0.521 e. The van der Waals surface area contributed by atoms with Crippen molar-refractivity contribution < 1.29 is 34.3 Å². The van der Waals surface area contributed by atoms with E-state index in [0.29, 0.717) is 5.88 Å². The van der Waals surface area contributed by atoms with Gasteiger partial charge < -0.3 is 9.63 Å². The number of rotatable bonds is 8. The van der Waals surface area contributed by atoms with Crippen molar-refractivity contribution in [3.63, 3.8) is 0 Å². The van der Waals surface area contributed by atoms with Gasteiger partial charge in [0.2, 0.25) is 5.88 Å². The van der Waals surface area contributed by atoms with E-state index in [1.165, 1.54) is 0 Å². The second kappa shape index (κ2) is 11.9. The summed E-state index contributed by atoms with van der Waals surface area (Å²) in [4.78, 5) is 8.93. The topological polar surface area (TPSA) is 96.6 Å². The minimum absolute atomic E-state index is 0. The van der Waals surface area contributed by atoms with Gasteiger partial charge >= 0.3 is 8.25 Å². The Hall–Kier alpha value is -1.93. The summed E-state index contributed by atoms with van der Waals surface area (Å²) in [5.41, 5.74) is 1.35. The first-order valence-corrected chi connectivity index (χ1v) is 10.2. The molecule has 0 aliphatic carbocycles. The van der Waals surface area contributed by atoms with Crippen LogP contribution in [0.15, 0.2) is 24.3 Å². The molecule has 1 N–H and O–H groups in total. The zero-order chi connectivity index (χ0) is 22.0. The molecule has 29 heavy (non-hydrogen) atoms. The lowest BCUT2D eigenvalue weighted by Crippen LogP contribution is -2.13. The molecule has 0 spiro atoms. The van der Waals surface area contributed by atoms with E-state index in [-0.39, 0.29) is 19.0 Å². The zero-order valence-electron chi connectivity index (χ0n) is 17.0. The molecule has 10 heteroatoms. The quantitative estimate of drug-likeness (QED) is 0.362. The lowest BCUT2D eigenvalue weighted by atomic mass is 9.92. The molecule has 0 amide bonds. The van der Waals surface area contributed by atoms with Crippen LogP contribution in [-0.2, 0) is 28.8 Å².